The van der Waals surface area contributed by atoms with Crippen molar-refractivity contribution in [2.45, 2.75) is 38.3 Å². The molecule has 6 nitrogen and oxygen atoms in total. The first-order valence-corrected chi connectivity index (χ1v) is 8.98. The van der Waals surface area contributed by atoms with Crippen LogP contribution in [-0.4, -0.2) is 35.8 Å². The van der Waals surface area contributed by atoms with E-state index in [0.717, 1.165) is 18.4 Å². The quantitative estimate of drug-likeness (QED) is 0.820. The second kappa shape index (κ2) is 9.58. The summed E-state index contributed by atoms with van der Waals surface area (Å²) in [4.78, 5) is 26.6. The number of aryl methyl sites for hydroxylation is 1. The van der Waals surface area contributed by atoms with Crippen LogP contribution in [0.15, 0.2) is 47.1 Å². The van der Waals surface area contributed by atoms with E-state index < -0.39 is 0 Å². The van der Waals surface area contributed by atoms with Crippen molar-refractivity contribution in [3.63, 3.8) is 0 Å². The maximum atomic E-state index is 12.5. The summed E-state index contributed by atoms with van der Waals surface area (Å²) in [6.07, 6.45) is 3.31. The van der Waals surface area contributed by atoms with Crippen LogP contribution in [-0.2, 0) is 4.79 Å². The van der Waals surface area contributed by atoms with Crippen molar-refractivity contribution in [2.24, 2.45) is 5.73 Å². The summed E-state index contributed by atoms with van der Waals surface area (Å²) < 4.78 is 5.17. The number of benzene rings is 1. The van der Waals surface area contributed by atoms with E-state index in [1.807, 2.05) is 35.2 Å². The lowest BCUT2D eigenvalue weighted by Gasteiger charge is -2.33. The Labute approximate surface area is 165 Å². The number of rotatable bonds is 5. The second-order valence-corrected chi connectivity index (χ2v) is 6.74. The number of likely N-dealkylation sites (tertiary alicyclic amines) is 1. The summed E-state index contributed by atoms with van der Waals surface area (Å²) in [5.74, 6) is 0.564. The van der Waals surface area contributed by atoms with Crippen molar-refractivity contribution in [1.29, 1.82) is 0 Å². The number of nitrogens with zero attached hydrogens (tertiary/aromatic N) is 1. The maximum Gasteiger partial charge on any atom is 0.255 e. The van der Waals surface area contributed by atoms with Gasteiger partial charge in [0.1, 0.15) is 5.76 Å². The van der Waals surface area contributed by atoms with E-state index >= 15 is 0 Å². The first-order valence-electron chi connectivity index (χ1n) is 8.98. The first kappa shape index (κ1) is 21.0. The highest BCUT2D eigenvalue weighted by Gasteiger charge is 2.26. The van der Waals surface area contributed by atoms with Gasteiger partial charge in [0.05, 0.1) is 11.8 Å². The molecule has 27 heavy (non-hydrogen) atoms. The van der Waals surface area contributed by atoms with Crippen LogP contribution >= 0.6 is 12.4 Å². The van der Waals surface area contributed by atoms with Gasteiger partial charge in [-0.1, -0.05) is 30.3 Å². The van der Waals surface area contributed by atoms with Gasteiger partial charge in [0, 0.05) is 31.6 Å². The third-order valence-electron chi connectivity index (χ3n) is 4.91. The van der Waals surface area contributed by atoms with Gasteiger partial charge in [0.2, 0.25) is 5.91 Å². The summed E-state index contributed by atoms with van der Waals surface area (Å²) in [7, 11) is 0. The molecule has 1 aromatic heterocycles. The standard InChI is InChI=1S/C20H25N3O3.ClH/c1-14-17(9-12-26-14)20(25)22-16-7-10-23(11-8-16)19(24)13-18(21)15-5-3-2-4-6-15;/h2-6,9,12,16,18H,7-8,10-11,13,21H2,1H3,(H,22,25);1H. The highest BCUT2D eigenvalue weighted by atomic mass is 35.5. The Hall–Kier alpha value is -2.31. The number of nitrogens with two attached hydrogens (primary N) is 1. The molecule has 1 saturated heterocycles. The van der Waals surface area contributed by atoms with Crippen LogP contribution in [0.5, 0.6) is 0 Å². The zero-order chi connectivity index (χ0) is 18.5. The molecular formula is C20H26ClN3O3. The Bertz CT molecular complexity index is 755. The molecule has 0 spiro atoms. The lowest BCUT2D eigenvalue weighted by molar-refractivity contribution is -0.132. The Morgan fingerprint density at radius 2 is 1.89 bits per heavy atom. The number of carbonyl (C=O) groups excluding carboxylic acids is 2. The normalized spacial score (nSPS) is 15.7. The van der Waals surface area contributed by atoms with E-state index in [0.29, 0.717) is 30.8 Å². The molecule has 1 atom stereocenters. The second-order valence-electron chi connectivity index (χ2n) is 6.74. The third-order valence-corrected chi connectivity index (χ3v) is 4.91. The topological polar surface area (TPSA) is 88.6 Å². The maximum absolute atomic E-state index is 12.5. The Morgan fingerprint density at radius 3 is 2.48 bits per heavy atom. The lowest BCUT2D eigenvalue weighted by Crippen LogP contribution is -2.47. The molecule has 1 aliphatic heterocycles. The minimum atomic E-state index is -0.287. The molecule has 2 heterocycles. The van der Waals surface area contributed by atoms with Gasteiger partial charge < -0.3 is 20.4 Å². The summed E-state index contributed by atoms with van der Waals surface area (Å²) in [5.41, 5.74) is 7.69. The van der Waals surface area contributed by atoms with E-state index in [-0.39, 0.29) is 36.3 Å². The van der Waals surface area contributed by atoms with Crippen LogP contribution in [0.2, 0.25) is 0 Å². The third kappa shape index (κ3) is 5.34. The minimum Gasteiger partial charge on any atom is -0.469 e. The molecule has 3 rings (SSSR count). The number of halogens is 1. The molecule has 3 N–H and O–H groups in total. The van der Waals surface area contributed by atoms with Gasteiger partial charge in [-0.05, 0) is 31.4 Å². The van der Waals surface area contributed by atoms with Crippen molar-refractivity contribution in [1.82, 2.24) is 10.2 Å². The fourth-order valence-electron chi connectivity index (χ4n) is 3.29. The van der Waals surface area contributed by atoms with Crippen LogP contribution < -0.4 is 11.1 Å². The van der Waals surface area contributed by atoms with E-state index in [1.165, 1.54) is 6.26 Å². The summed E-state index contributed by atoms with van der Waals surface area (Å²) in [6, 6.07) is 11.1. The van der Waals surface area contributed by atoms with Crippen LogP contribution in [0, 0.1) is 6.92 Å². The largest absolute Gasteiger partial charge is 0.469 e. The molecule has 146 valence electrons. The molecule has 0 bridgehead atoms. The number of nitrogens with one attached hydrogen (secondary N) is 1. The van der Waals surface area contributed by atoms with Gasteiger partial charge in [-0.15, -0.1) is 12.4 Å². The van der Waals surface area contributed by atoms with E-state index in [4.69, 9.17) is 10.2 Å². The molecule has 1 aliphatic rings. The van der Waals surface area contributed by atoms with E-state index in [2.05, 4.69) is 5.32 Å². The van der Waals surface area contributed by atoms with Crippen LogP contribution in [0.3, 0.4) is 0 Å². The zero-order valence-corrected chi connectivity index (χ0v) is 16.2. The van der Waals surface area contributed by atoms with Crippen molar-refractivity contribution in [3.8, 4) is 0 Å². The number of piperidine rings is 1. The predicted octanol–water partition coefficient (Wildman–Crippen LogP) is 2.82. The van der Waals surface area contributed by atoms with E-state index in [1.54, 1.807) is 13.0 Å². The molecule has 1 unspecified atom stereocenters. The Kier molecular flexibility index (Phi) is 7.45. The highest BCUT2D eigenvalue weighted by Crippen LogP contribution is 2.18. The molecule has 0 radical (unpaired) electrons. The fraction of sp³-hybridized carbons (Fsp3) is 0.400. The lowest BCUT2D eigenvalue weighted by atomic mass is 10.0. The van der Waals surface area contributed by atoms with Crippen LogP contribution in [0.25, 0.3) is 0 Å². The fourth-order valence-corrected chi connectivity index (χ4v) is 3.29. The predicted molar refractivity (Wildman–Crippen MR) is 106 cm³/mol. The molecule has 0 aliphatic carbocycles. The van der Waals surface area contributed by atoms with Crippen molar-refractivity contribution < 1.29 is 14.0 Å². The van der Waals surface area contributed by atoms with Crippen molar-refractivity contribution in [3.05, 3.63) is 59.5 Å². The number of hydrogen-bond donors (Lipinski definition) is 2. The number of amides is 2. The van der Waals surface area contributed by atoms with Crippen LogP contribution in [0.4, 0.5) is 0 Å². The molecule has 1 fully saturated rings. The zero-order valence-electron chi connectivity index (χ0n) is 15.4. The van der Waals surface area contributed by atoms with Gasteiger partial charge in [-0.2, -0.15) is 0 Å². The average Bonchev–Trinajstić information content (AvgIpc) is 3.09. The van der Waals surface area contributed by atoms with Gasteiger partial charge >= 0.3 is 0 Å². The summed E-state index contributed by atoms with van der Waals surface area (Å²) in [6.45, 7) is 3.04. The van der Waals surface area contributed by atoms with Crippen LogP contribution in [0.1, 0.15) is 47.0 Å². The monoisotopic (exact) mass is 391 g/mol. The van der Waals surface area contributed by atoms with Crippen molar-refractivity contribution in [2.75, 3.05) is 13.1 Å². The molecule has 2 amide bonds. The SMILES string of the molecule is Cc1occc1C(=O)NC1CCN(C(=O)CC(N)c2ccccc2)CC1.Cl. The summed E-state index contributed by atoms with van der Waals surface area (Å²) in [5, 5.41) is 3.03. The number of hydrogen-bond acceptors (Lipinski definition) is 4. The Balaban J connectivity index is 0.00000261. The van der Waals surface area contributed by atoms with Gasteiger partial charge in [0.15, 0.2) is 0 Å². The van der Waals surface area contributed by atoms with Gasteiger partial charge in [0.25, 0.3) is 5.91 Å². The number of carbonyl (C=O) groups is 2. The highest BCUT2D eigenvalue weighted by molar-refractivity contribution is 5.95. The molecular weight excluding hydrogens is 366 g/mol. The smallest absolute Gasteiger partial charge is 0.255 e. The molecule has 7 heteroatoms. The van der Waals surface area contributed by atoms with E-state index in [9.17, 15) is 9.59 Å². The van der Waals surface area contributed by atoms with Gasteiger partial charge in [-0.3, -0.25) is 9.59 Å². The average molecular weight is 392 g/mol. The molecule has 1 aromatic carbocycles. The number of furan rings is 1. The van der Waals surface area contributed by atoms with Gasteiger partial charge in [-0.25, -0.2) is 0 Å². The molecule has 0 saturated carbocycles. The minimum absolute atomic E-state index is 0. The summed E-state index contributed by atoms with van der Waals surface area (Å²) >= 11 is 0. The first-order chi connectivity index (χ1) is 12.5. The van der Waals surface area contributed by atoms with Crippen molar-refractivity contribution >= 4 is 24.2 Å². The molecule has 2 aromatic rings. The Morgan fingerprint density at radius 1 is 1.22 bits per heavy atom.